The van der Waals surface area contributed by atoms with Crippen molar-refractivity contribution in [3.63, 3.8) is 0 Å². The van der Waals surface area contributed by atoms with Gasteiger partial charge in [0, 0.05) is 12.1 Å². The second kappa shape index (κ2) is 7.06. The molecule has 1 atom stereocenters. The van der Waals surface area contributed by atoms with Crippen LogP contribution in [0.15, 0.2) is 24.3 Å². The molecule has 1 aromatic rings. The van der Waals surface area contributed by atoms with Gasteiger partial charge in [-0.3, -0.25) is 4.79 Å². The normalized spacial score (nSPS) is 13.6. The first kappa shape index (κ1) is 16.2. The Balaban J connectivity index is 2.51. The number of nitrogens with one attached hydrogen (secondary N) is 1. The Kier molecular flexibility index (Phi) is 5.72. The lowest BCUT2D eigenvalue weighted by Gasteiger charge is -2.24. The van der Waals surface area contributed by atoms with Crippen LogP contribution >= 0.6 is 0 Å². The Hall–Kier alpha value is -1.86. The van der Waals surface area contributed by atoms with E-state index in [2.05, 4.69) is 19.2 Å². The molecule has 0 fully saturated rings. The van der Waals surface area contributed by atoms with E-state index in [0.717, 1.165) is 6.42 Å². The Morgan fingerprint density at radius 1 is 1.40 bits per heavy atom. The fraction of sp³-hybridized carbons (Fsp3) is 0.500. The average Bonchev–Trinajstić information content (AvgIpc) is 2.43. The SMILES string of the molecule is CC(C)CCC(C)(O)CNC(=O)c1ccc(C#N)cc1. The largest absolute Gasteiger partial charge is 0.388 e. The molecule has 1 unspecified atom stereocenters. The maximum atomic E-state index is 11.9. The topological polar surface area (TPSA) is 73.1 Å². The van der Waals surface area contributed by atoms with Crippen LogP contribution in [0.2, 0.25) is 0 Å². The van der Waals surface area contributed by atoms with Crippen molar-refractivity contribution in [3.8, 4) is 6.07 Å². The minimum atomic E-state index is -0.896. The third-order valence-electron chi connectivity index (χ3n) is 3.17. The monoisotopic (exact) mass is 274 g/mol. The predicted molar refractivity (Wildman–Crippen MR) is 78.2 cm³/mol. The second-order valence-electron chi connectivity index (χ2n) is 5.80. The Labute approximate surface area is 120 Å². The molecule has 0 saturated heterocycles. The highest BCUT2D eigenvalue weighted by Crippen LogP contribution is 2.15. The highest BCUT2D eigenvalue weighted by Gasteiger charge is 2.21. The van der Waals surface area contributed by atoms with Gasteiger partial charge in [0.1, 0.15) is 0 Å². The molecule has 2 N–H and O–H groups in total. The van der Waals surface area contributed by atoms with Crippen LogP contribution in [0, 0.1) is 17.2 Å². The molecule has 20 heavy (non-hydrogen) atoms. The number of hydrogen-bond donors (Lipinski definition) is 2. The van der Waals surface area contributed by atoms with E-state index in [1.165, 1.54) is 0 Å². The first-order valence-corrected chi connectivity index (χ1v) is 6.85. The molecule has 0 spiro atoms. The smallest absolute Gasteiger partial charge is 0.251 e. The molecule has 1 aromatic carbocycles. The van der Waals surface area contributed by atoms with E-state index < -0.39 is 5.60 Å². The zero-order valence-electron chi connectivity index (χ0n) is 12.3. The van der Waals surface area contributed by atoms with Gasteiger partial charge in [-0.2, -0.15) is 5.26 Å². The van der Waals surface area contributed by atoms with Gasteiger partial charge < -0.3 is 10.4 Å². The summed E-state index contributed by atoms with van der Waals surface area (Å²) in [5.74, 6) is 0.287. The summed E-state index contributed by atoms with van der Waals surface area (Å²) in [6.07, 6.45) is 1.57. The number of nitrogens with zero attached hydrogens (tertiary/aromatic N) is 1. The van der Waals surface area contributed by atoms with Crippen molar-refractivity contribution >= 4 is 5.91 Å². The van der Waals surface area contributed by atoms with Gasteiger partial charge in [-0.25, -0.2) is 0 Å². The molecule has 0 aliphatic carbocycles. The number of amides is 1. The highest BCUT2D eigenvalue weighted by atomic mass is 16.3. The minimum absolute atomic E-state index is 0.221. The molecule has 1 amide bonds. The zero-order valence-corrected chi connectivity index (χ0v) is 12.3. The third kappa shape index (κ3) is 5.41. The van der Waals surface area contributed by atoms with Gasteiger partial charge in [0.15, 0.2) is 0 Å². The van der Waals surface area contributed by atoms with E-state index in [1.54, 1.807) is 31.2 Å². The number of nitriles is 1. The molecule has 108 valence electrons. The lowest BCUT2D eigenvalue weighted by Crippen LogP contribution is -2.40. The number of rotatable bonds is 6. The summed E-state index contributed by atoms with van der Waals surface area (Å²) in [4.78, 5) is 11.9. The third-order valence-corrected chi connectivity index (χ3v) is 3.17. The van der Waals surface area contributed by atoms with E-state index >= 15 is 0 Å². The fourth-order valence-corrected chi connectivity index (χ4v) is 1.76. The summed E-state index contributed by atoms with van der Waals surface area (Å²) in [5.41, 5.74) is 0.112. The van der Waals surface area contributed by atoms with Crippen LogP contribution in [0.3, 0.4) is 0 Å². The van der Waals surface area contributed by atoms with Gasteiger partial charge in [-0.15, -0.1) is 0 Å². The number of hydrogen-bond acceptors (Lipinski definition) is 3. The lowest BCUT2D eigenvalue weighted by atomic mass is 9.95. The number of carbonyl (C=O) groups is 1. The van der Waals surface area contributed by atoms with Crippen LogP contribution < -0.4 is 5.32 Å². The molecule has 0 saturated carbocycles. The molecule has 0 aromatic heterocycles. The van der Waals surface area contributed by atoms with Crippen molar-refractivity contribution in [1.29, 1.82) is 5.26 Å². The molecule has 1 rings (SSSR count). The number of aliphatic hydroxyl groups is 1. The first-order valence-electron chi connectivity index (χ1n) is 6.85. The van der Waals surface area contributed by atoms with Crippen LogP contribution in [0.25, 0.3) is 0 Å². The van der Waals surface area contributed by atoms with E-state index in [4.69, 9.17) is 5.26 Å². The van der Waals surface area contributed by atoms with Gasteiger partial charge in [-0.05, 0) is 49.9 Å². The van der Waals surface area contributed by atoms with Crippen molar-refractivity contribution in [2.75, 3.05) is 6.54 Å². The summed E-state index contributed by atoms with van der Waals surface area (Å²) in [6.45, 7) is 6.16. The van der Waals surface area contributed by atoms with Gasteiger partial charge >= 0.3 is 0 Å². The van der Waals surface area contributed by atoms with Crippen molar-refractivity contribution in [1.82, 2.24) is 5.32 Å². The standard InChI is InChI=1S/C16H22N2O2/c1-12(2)8-9-16(3,20)11-18-15(19)14-6-4-13(10-17)5-7-14/h4-7,12,20H,8-9,11H2,1-3H3,(H,18,19). The summed E-state index contributed by atoms with van der Waals surface area (Å²) < 4.78 is 0. The molecular formula is C16H22N2O2. The fourth-order valence-electron chi connectivity index (χ4n) is 1.76. The van der Waals surface area contributed by atoms with Crippen LogP contribution in [0.4, 0.5) is 0 Å². The lowest BCUT2D eigenvalue weighted by molar-refractivity contribution is 0.0429. The summed E-state index contributed by atoms with van der Waals surface area (Å²) in [7, 11) is 0. The summed E-state index contributed by atoms with van der Waals surface area (Å²) in [5, 5.41) is 21.6. The van der Waals surface area contributed by atoms with Crippen molar-refractivity contribution < 1.29 is 9.90 Å². The quantitative estimate of drug-likeness (QED) is 0.837. The first-order chi connectivity index (χ1) is 9.34. The van der Waals surface area contributed by atoms with E-state index in [1.807, 2.05) is 6.07 Å². The predicted octanol–water partition coefficient (Wildman–Crippen LogP) is 2.48. The zero-order chi connectivity index (χ0) is 15.2. The van der Waals surface area contributed by atoms with Crippen molar-refractivity contribution in [2.45, 2.75) is 39.2 Å². The molecular weight excluding hydrogens is 252 g/mol. The number of benzene rings is 1. The van der Waals surface area contributed by atoms with Crippen LogP contribution in [0.5, 0.6) is 0 Å². The Bertz CT molecular complexity index is 484. The van der Waals surface area contributed by atoms with E-state index in [-0.39, 0.29) is 12.5 Å². The Morgan fingerprint density at radius 3 is 2.50 bits per heavy atom. The summed E-state index contributed by atoms with van der Waals surface area (Å²) in [6, 6.07) is 8.43. The van der Waals surface area contributed by atoms with Crippen molar-refractivity contribution in [2.24, 2.45) is 5.92 Å². The van der Waals surface area contributed by atoms with Gasteiger partial charge in [0.25, 0.3) is 5.91 Å². The van der Waals surface area contributed by atoms with Gasteiger partial charge in [0.2, 0.25) is 0 Å². The number of carbonyl (C=O) groups excluding carboxylic acids is 1. The van der Waals surface area contributed by atoms with Gasteiger partial charge in [0.05, 0.1) is 17.2 Å². The van der Waals surface area contributed by atoms with Gasteiger partial charge in [-0.1, -0.05) is 13.8 Å². The molecule has 0 radical (unpaired) electrons. The van der Waals surface area contributed by atoms with Crippen molar-refractivity contribution in [3.05, 3.63) is 35.4 Å². The van der Waals surface area contributed by atoms with Crippen LogP contribution in [0.1, 0.15) is 49.5 Å². The molecule has 0 bridgehead atoms. The molecule has 0 aliphatic rings. The molecule has 0 heterocycles. The molecule has 4 nitrogen and oxygen atoms in total. The van der Waals surface area contributed by atoms with Crippen LogP contribution in [-0.2, 0) is 0 Å². The highest BCUT2D eigenvalue weighted by molar-refractivity contribution is 5.94. The summed E-state index contributed by atoms with van der Waals surface area (Å²) >= 11 is 0. The second-order valence-corrected chi connectivity index (χ2v) is 5.80. The maximum absolute atomic E-state index is 11.9. The average molecular weight is 274 g/mol. The maximum Gasteiger partial charge on any atom is 0.251 e. The van der Waals surface area contributed by atoms with Crippen LogP contribution in [-0.4, -0.2) is 23.2 Å². The van der Waals surface area contributed by atoms with E-state index in [9.17, 15) is 9.90 Å². The molecule has 0 aliphatic heterocycles. The molecule has 4 heteroatoms. The Morgan fingerprint density at radius 2 is 2.00 bits per heavy atom. The van der Waals surface area contributed by atoms with E-state index in [0.29, 0.717) is 23.5 Å². The minimum Gasteiger partial charge on any atom is -0.388 e.